The lowest BCUT2D eigenvalue weighted by atomic mass is 9.88. The van der Waals surface area contributed by atoms with Crippen molar-refractivity contribution >= 4 is 52.6 Å². The maximum absolute atomic E-state index is 13.3. The van der Waals surface area contributed by atoms with E-state index in [0.717, 1.165) is 5.01 Å². The molecule has 182 valence electrons. The van der Waals surface area contributed by atoms with Crippen LogP contribution in [0.1, 0.15) is 23.6 Å². The van der Waals surface area contributed by atoms with E-state index in [4.69, 9.17) is 4.74 Å². The zero-order valence-electron chi connectivity index (χ0n) is 18.5. The standard InChI is InChI=1S/C21H24N4O6S3/c1-3-31-21(22-15(27)14(26)13-7-5-4-6-8-13)16(28)25-9-20(18(29)30,10-32-17(21)25)11-33-19-24-23-12(2)34-19/h4-8,14,17,26H,3,9-11H2,1-2H3,(H,22,27)(H,29,30)/t14?,17-,20?,21?/m1/s1. The number of carboxylic acid groups (broad SMARTS) is 1. The molecule has 0 saturated carbocycles. The van der Waals surface area contributed by atoms with E-state index in [-0.39, 0.29) is 24.7 Å². The number of hydrogen-bond donors (Lipinski definition) is 3. The lowest BCUT2D eigenvalue weighted by Gasteiger charge is -2.59. The fraction of sp³-hybridized carbons (Fsp3) is 0.476. The summed E-state index contributed by atoms with van der Waals surface area (Å²) in [6.45, 7) is 3.66. The molecule has 1 aromatic heterocycles. The zero-order valence-corrected chi connectivity index (χ0v) is 20.9. The molecule has 2 fully saturated rings. The SMILES string of the molecule is CCOC1(NC(=O)C(O)c2ccccc2)C(=O)N2CC(CSc3nnc(C)s3)(C(=O)O)CS[C@@H]21. The van der Waals surface area contributed by atoms with Gasteiger partial charge >= 0.3 is 5.97 Å². The van der Waals surface area contributed by atoms with Crippen LogP contribution in [0.3, 0.4) is 0 Å². The summed E-state index contributed by atoms with van der Waals surface area (Å²) in [6.07, 6.45) is -1.47. The summed E-state index contributed by atoms with van der Waals surface area (Å²) in [4.78, 5) is 39.8. The van der Waals surface area contributed by atoms with E-state index >= 15 is 0 Å². The minimum Gasteiger partial charge on any atom is -0.481 e. The number of aryl methyl sites for hydroxylation is 1. The number of aromatic nitrogens is 2. The first-order chi connectivity index (χ1) is 16.2. The van der Waals surface area contributed by atoms with Crippen LogP contribution in [0, 0.1) is 12.3 Å². The molecule has 1 aromatic carbocycles. The number of carbonyl (C=O) groups excluding carboxylic acids is 2. The third kappa shape index (κ3) is 4.42. The Morgan fingerprint density at radius 3 is 2.71 bits per heavy atom. The first kappa shape index (κ1) is 24.9. The Kier molecular flexibility index (Phi) is 7.20. The number of carboxylic acids is 1. The number of hydrogen-bond acceptors (Lipinski definition) is 10. The molecule has 3 N–H and O–H groups in total. The molecule has 4 rings (SSSR count). The molecule has 3 heterocycles. The average molecular weight is 525 g/mol. The number of β-lactam (4-membered cyclic amide) rings is 1. The lowest BCUT2D eigenvalue weighted by molar-refractivity contribution is -0.206. The highest BCUT2D eigenvalue weighted by Crippen LogP contribution is 2.49. The molecule has 0 bridgehead atoms. The number of ether oxygens (including phenoxy) is 1. The van der Waals surface area contributed by atoms with E-state index in [2.05, 4.69) is 15.5 Å². The third-order valence-electron chi connectivity index (χ3n) is 5.68. The Morgan fingerprint density at radius 1 is 1.35 bits per heavy atom. The second-order valence-electron chi connectivity index (χ2n) is 8.03. The minimum atomic E-state index is -1.65. The second-order valence-corrected chi connectivity index (χ2v) is 11.5. The highest BCUT2D eigenvalue weighted by atomic mass is 32.2. The van der Waals surface area contributed by atoms with Crippen molar-refractivity contribution in [3.63, 3.8) is 0 Å². The molecule has 34 heavy (non-hydrogen) atoms. The molecule has 4 atom stereocenters. The fourth-order valence-corrected chi connectivity index (χ4v) is 7.66. The monoisotopic (exact) mass is 524 g/mol. The molecule has 0 radical (unpaired) electrons. The number of rotatable bonds is 9. The largest absolute Gasteiger partial charge is 0.481 e. The van der Waals surface area contributed by atoms with Gasteiger partial charge in [-0.1, -0.05) is 53.4 Å². The van der Waals surface area contributed by atoms with Crippen LogP contribution in [0.25, 0.3) is 0 Å². The van der Waals surface area contributed by atoms with E-state index in [9.17, 15) is 24.6 Å². The number of thioether (sulfide) groups is 2. The highest BCUT2D eigenvalue weighted by molar-refractivity contribution is 8.01. The van der Waals surface area contributed by atoms with Gasteiger partial charge in [-0.15, -0.1) is 22.0 Å². The van der Waals surface area contributed by atoms with E-state index < -0.39 is 40.4 Å². The van der Waals surface area contributed by atoms with Gasteiger partial charge in [0.2, 0.25) is 0 Å². The summed E-state index contributed by atoms with van der Waals surface area (Å²) in [5.41, 5.74) is -2.45. The number of amides is 2. The Hall–Kier alpha value is -2.19. The van der Waals surface area contributed by atoms with Crippen molar-refractivity contribution in [2.45, 2.75) is 35.4 Å². The van der Waals surface area contributed by atoms with E-state index in [0.29, 0.717) is 9.90 Å². The fourth-order valence-electron chi connectivity index (χ4n) is 3.92. The van der Waals surface area contributed by atoms with Crippen molar-refractivity contribution in [2.24, 2.45) is 5.41 Å². The van der Waals surface area contributed by atoms with Crippen molar-refractivity contribution in [3.05, 3.63) is 40.9 Å². The van der Waals surface area contributed by atoms with Gasteiger partial charge in [-0.2, -0.15) is 0 Å². The summed E-state index contributed by atoms with van der Waals surface area (Å²) in [5.74, 6) is -1.85. The maximum atomic E-state index is 13.3. The van der Waals surface area contributed by atoms with E-state index in [1.807, 2.05) is 6.92 Å². The Bertz CT molecular complexity index is 1090. The molecular weight excluding hydrogens is 500 g/mol. The van der Waals surface area contributed by atoms with Crippen LogP contribution in [0.5, 0.6) is 0 Å². The van der Waals surface area contributed by atoms with Crippen molar-refractivity contribution in [1.82, 2.24) is 20.4 Å². The lowest BCUT2D eigenvalue weighted by Crippen LogP contribution is -2.83. The van der Waals surface area contributed by atoms with Crippen molar-refractivity contribution in [3.8, 4) is 0 Å². The van der Waals surface area contributed by atoms with Gasteiger partial charge in [-0.05, 0) is 19.4 Å². The molecule has 0 aliphatic carbocycles. The predicted octanol–water partition coefficient (Wildman–Crippen LogP) is 1.51. The first-order valence-corrected chi connectivity index (χ1v) is 13.4. The van der Waals surface area contributed by atoms with Crippen LogP contribution in [-0.2, 0) is 19.1 Å². The van der Waals surface area contributed by atoms with Crippen molar-refractivity contribution < 1.29 is 29.3 Å². The molecule has 2 aromatic rings. The van der Waals surface area contributed by atoms with E-state index in [1.165, 1.54) is 39.8 Å². The summed E-state index contributed by atoms with van der Waals surface area (Å²) < 4.78 is 6.41. The molecule has 3 unspecified atom stereocenters. The van der Waals surface area contributed by atoms with Crippen LogP contribution in [0.15, 0.2) is 34.7 Å². The van der Waals surface area contributed by atoms with Crippen molar-refractivity contribution in [1.29, 1.82) is 0 Å². The zero-order chi connectivity index (χ0) is 24.5. The molecule has 2 aliphatic heterocycles. The molecule has 0 spiro atoms. The Balaban J connectivity index is 1.49. The van der Waals surface area contributed by atoms with Crippen LogP contribution >= 0.6 is 34.9 Å². The number of nitrogens with one attached hydrogen (secondary N) is 1. The summed E-state index contributed by atoms with van der Waals surface area (Å²) >= 11 is 3.94. The third-order valence-corrected chi connectivity index (χ3v) is 9.56. The van der Waals surface area contributed by atoms with Gasteiger partial charge in [0.25, 0.3) is 17.5 Å². The van der Waals surface area contributed by atoms with Crippen LogP contribution in [0.2, 0.25) is 0 Å². The molecule has 2 aliphatic rings. The molecule has 2 amide bonds. The smallest absolute Gasteiger partial charge is 0.313 e. The van der Waals surface area contributed by atoms with Gasteiger partial charge < -0.3 is 25.2 Å². The number of fused-ring (bicyclic) bond motifs is 1. The second kappa shape index (κ2) is 9.82. The quantitative estimate of drug-likeness (QED) is 0.251. The molecule has 2 saturated heterocycles. The summed E-state index contributed by atoms with van der Waals surface area (Å²) in [5, 5.41) is 31.3. The summed E-state index contributed by atoms with van der Waals surface area (Å²) in [7, 11) is 0. The summed E-state index contributed by atoms with van der Waals surface area (Å²) in [6, 6.07) is 8.38. The van der Waals surface area contributed by atoms with E-state index in [1.54, 1.807) is 37.3 Å². The molecule has 13 heteroatoms. The van der Waals surface area contributed by atoms with Gasteiger partial charge in [0.15, 0.2) is 10.4 Å². The molecule has 10 nitrogen and oxygen atoms in total. The van der Waals surface area contributed by atoms with Crippen LogP contribution in [0.4, 0.5) is 0 Å². The maximum Gasteiger partial charge on any atom is 0.313 e. The van der Waals surface area contributed by atoms with Crippen LogP contribution in [-0.4, -0.2) is 78.9 Å². The molecular formula is C21H24N4O6S3. The topological polar surface area (TPSA) is 142 Å². The van der Waals surface area contributed by atoms with Gasteiger partial charge in [-0.3, -0.25) is 14.4 Å². The number of carbonyl (C=O) groups is 3. The van der Waals surface area contributed by atoms with Gasteiger partial charge in [0.1, 0.15) is 15.8 Å². The number of benzene rings is 1. The van der Waals surface area contributed by atoms with Crippen LogP contribution < -0.4 is 5.32 Å². The first-order valence-electron chi connectivity index (χ1n) is 10.5. The highest BCUT2D eigenvalue weighted by Gasteiger charge is 2.68. The van der Waals surface area contributed by atoms with Crippen molar-refractivity contribution in [2.75, 3.05) is 24.7 Å². The number of aliphatic carboxylic acids is 1. The normalized spacial score (nSPS) is 27.0. The Labute approximate surface area is 208 Å². The average Bonchev–Trinajstić information content (AvgIpc) is 3.26. The van der Waals surface area contributed by atoms with Gasteiger partial charge in [0, 0.05) is 24.7 Å². The van der Waals surface area contributed by atoms with Gasteiger partial charge in [-0.25, -0.2) is 0 Å². The number of aliphatic hydroxyl groups is 1. The minimum absolute atomic E-state index is 0.0183. The van der Waals surface area contributed by atoms with Gasteiger partial charge in [0.05, 0.1) is 0 Å². The Morgan fingerprint density at radius 2 is 2.09 bits per heavy atom. The predicted molar refractivity (Wildman–Crippen MR) is 127 cm³/mol. The number of nitrogens with zero attached hydrogens (tertiary/aromatic N) is 3. The number of aliphatic hydroxyl groups excluding tert-OH is 1.